The molecule has 1 atom stereocenters. The van der Waals surface area contributed by atoms with Gasteiger partial charge in [0.05, 0.1) is 6.04 Å². The van der Waals surface area contributed by atoms with Gasteiger partial charge in [-0.1, -0.05) is 48.5 Å². The number of fused-ring (bicyclic) bond motifs is 1. The molecule has 1 aliphatic heterocycles. The van der Waals surface area contributed by atoms with E-state index in [1.165, 1.54) is 12.1 Å². The average Bonchev–Trinajstić information content (AvgIpc) is 3.12. The molecule has 1 heterocycles. The molecule has 0 bridgehead atoms. The molecule has 0 aromatic heterocycles. The predicted molar refractivity (Wildman–Crippen MR) is 108 cm³/mol. The van der Waals surface area contributed by atoms with Gasteiger partial charge in [0.1, 0.15) is 12.4 Å². The van der Waals surface area contributed by atoms with E-state index in [2.05, 4.69) is 6.58 Å². The van der Waals surface area contributed by atoms with Crippen LogP contribution in [0.15, 0.2) is 55.1 Å². The van der Waals surface area contributed by atoms with Gasteiger partial charge < -0.3 is 20.1 Å². The Balaban J connectivity index is 1.64. The summed E-state index contributed by atoms with van der Waals surface area (Å²) in [5, 5.41) is 0.360. The third-order valence-electron chi connectivity index (χ3n) is 4.45. The standard InChI is InChI=1S/C21H21ClN2O4/c1-2-11-27-21(26)28-16-8-7-15(17(22)13-16)12-18(23)20(25)24-10-9-14-5-3-4-6-19(14)24/h2-8,13,18H,1,9-12,23H2/t18-/m0/s1. The highest BCUT2D eigenvalue weighted by Crippen LogP contribution is 2.29. The van der Waals surface area contributed by atoms with E-state index < -0.39 is 12.2 Å². The lowest BCUT2D eigenvalue weighted by atomic mass is 10.0. The van der Waals surface area contributed by atoms with Crippen molar-refractivity contribution in [3.63, 3.8) is 0 Å². The number of ether oxygens (including phenoxy) is 2. The number of amides is 1. The smallest absolute Gasteiger partial charge is 0.430 e. The molecular weight excluding hydrogens is 380 g/mol. The highest BCUT2D eigenvalue weighted by atomic mass is 35.5. The van der Waals surface area contributed by atoms with Crippen LogP contribution in [0.4, 0.5) is 10.5 Å². The molecule has 1 amide bonds. The molecule has 7 heteroatoms. The summed E-state index contributed by atoms with van der Waals surface area (Å²) in [5.74, 6) is 0.102. The van der Waals surface area contributed by atoms with E-state index in [0.717, 1.165) is 17.7 Å². The molecule has 2 N–H and O–H groups in total. The molecule has 3 rings (SSSR count). The maximum atomic E-state index is 12.8. The number of carbonyl (C=O) groups is 2. The number of hydrogen-bond donors (Lipinski definition) is 1. The van der Waals surface area contributed by atoms with E-state index in [1.54, 1.807) is 17.0 Å². The van der Waals surface area contributed by atoms with Crippen molar-refractivity contribution in [2.24, 2.45) is 5.73 Å². The minimum Gasteiger partial charge on any atom is -0.430 e. The zero-order valence-electron chi connectivity index (χ0n) is 15.3. The fourth-order valence-corrected chi connectivity index (χ4v) is 3.35. The lowest BCUT2D eigenvalue weighted by Crippen LogP contribution is -2.44. The maximum Gasteiger partial charge on any atom is 0.514 e. The van der Waals surface area contributed by atoms with E-state index in [4.69, 9.17) is 26.8 Å². The van der Waals surface area contributed by atoms with E-state index in [-0.39, 0.29) is 24.7 Å². The first kappa shape index (κ1) is 19.9. The third kappa shape index (κ3) is 4.52. The largest absolute Gasteiger partial charge is 0.514 e. The second kappa shape index (κ2) is 8.91. The quantitative estimate of drug-likeness (QED) is 0.456. The number of benzene rings is 2. The molecule has 6 nitrogen and oxygen atoms in total. The predicted octanol–water partition coefficient (Wildman–Crippen LogP) is 3.50. The first-order valence-corrected chi connectivity index (χ1v) is 9.26. The van der Waals surface area contributed by atoms with E-state index in [1.807, 2.05) is 24.3 Å². The van der Waals surface area contributed by atoms with Gasteiger partial charge >= 0.3 is 6.16 Å². The lowest BCUT2D eigenvalue weighted by molar-refractivity contribution is -0.119. The van der Waals surface area contributed by atoms with Crippen molar-refractivity contribution in [1.29, 1.82) is 0 Å². The van der Waals surface area contributed by atoms with Crippen LogP contribution in [0.25, 0.3) is 0 Å². The van der Waals surface area contributed by atoms with Crippen molar-refractivity contribution < 1.29 is 19.1 Å². The van der Waals surface area contributed by atoms with Gasteiger partial charge in [0.2, 0.25) is 5.91 Å². The maximum absolute atomic E-state index is 12.8. The summed E-state index contributed by atoms with van der Waals surface area (Å²) in [6, 6.07) is 11.8. The second-order valence-electron chi connectivity index (χ2n) is 6.38. The molecule has 0 saturated heterocycles. The number of anilines is 1. The van der Waals surface area contributed by atoms with Crippen LogP contribution in [0.3, 0.4) is 0 Å². The van der Waals surface area contributed by atoms with E-state index in [0.29, 0.717) is 17.1 Å². The highest BCUT2D eigenvalue weighted by Gasteiger charge is 2.28. The molecule has 146 valence electrons. The number of nitrogens with two attached hydrogens (primary N) is 1. The summed E-state index contributed by atoms with van der Waals surface area (Å²) in [4.78, 5) is 26.0. The fourth-order valence-electron chi connectivity index (χ4n) is 3.10. The zero-order chi connectivity index (χ0) is 20.1. The molecular formula is C21H21ClN2O4. The van der Waals surface area contributed by atoms with Gasteiger partial charge in [-0.3, -0.25) is 4.79 Å². The van der Waals surface area contributed by atoms with Crippen molar-refractivity contribution in [2.45, 2.75) is 18.9 Å². The van der Waals surface area contributed by atoms with Crippen molar-refractivity contribution in [2.75, 3.05) is 18.1 Å². The Morgan fingerprint density at radius 3 is 2.82 bits per heavy atom. The van der Waals surface area contributed by atoms with Crippen LogP contribution in [0.2, 0.25) is 5.02 Å². The second-order valence-corrected chi connectivity index (χ2v) is 6.79. The van der Waals surface area contributed by atoms with Gasteiger partial charge in [0, 0.05) is 17.3 Å². The van der Waals surface area contributed by atoms with Crippen LogP contribution >= 0.6 is 11.6 Å². The summed E-state index contributed by atoms with van der Waals surface area (Å²) < 4.78 is 9.78. The summed E-state index contributed by atoms with van der Waals surface area (Å²) in [6.45, 7) is 4.13. The first-order chi connectivity index (χ1) is 13.5. The number of para-hydroxylation sites is 1. The van der Waals surface area contributed by atoms with Crippen LogP contribution in [0.5, 0.6) is 5.75 Å². The SMILES string of the molecule is C=CCOC(=O)Oc1ccc(C[C@H](N)C(=O)N2CCc3ccccc32)c(Cl)c1. The Bertz CT molecular complexity index is 900. The molecule has 0 saturated carbocycles. The fraction of sp³-hybridized carbons (Fsp3) is 0.238. The van der Waals surface area contributed by atoms with Gasteiger partial charge in [0.25, 0.3) is 0 Å². The van der Waals surface area contributed by atoms with Gasteiger partial charge in [-0.25, -0.2) is 4.79 Å². The summed E-state index contributed by atoms with van der Waals surface area (Å²) in [7, 11) is 0. The Kier molecular flexibility index (Phi) is 6.34. The average molecular weight is 401 g/mol. The van der Waals surface area contributed by atoms with E-state index >= 15 is 0 Å². The molecule has 1 aliphatic rings. The minimum atomic E-state index is -0.844. The van der Waals surface area contributed by atoms with Gasteiger partial charge in [-0.05, 0) is 42.2 Å². The molecule has 28 heavy (non-hydrogen) atoms. The number of nitrogens with zero attached hydrogens (tertiary/aromatic N) is 1. The topological polar surface area (TPSA) is 81.9 Å². The minimum absolute atomic E-state index is 0.0568. The molecule has 0 radical (unpaired) electrons. The molecule has 0 aliphatic carbocycles. The van der Waals surface area contributed by atoms with Gasteiger partial charge in [-0.15, -0.1) is 0 Å². The highest BCUT2D eigenvalue weighted by molar-refractivity contribution is 6.31. The lowest BCUT2D eigenvalue weighted by Gasteiger charge is -2.22. The summed E-state index contributed by atoms with van der Waals surface area (Å²) in [6.07, 6.45) is 1.69. The van der Waals surface area contributed by atoms with Gasteiger partial charge in [-0.2, -0.15) is 0 Å². The Morgan fingerprint density at radius 2 is 2.07 bits per heavy atom. The van der Waals surface area contributed by atoms with Crippen LogP contribution in [-0.4, -0.2) is 31.3 Å². The molecule has 0 spiro atoms. The Morgan fingerprint density at radius 1 is 1.29 bits per heavy atom. The molecule has 0 unspecified atom stereocenters. The Hall–Kier alpha value is -2.83. The number of hydrogen-bond acceptors (Lipinski definition) is 5. The normalized spacial score (nSPS) is 13.6. The van der Waals surface area contributed by atoms with Crippen molar-refractivity contribution in [3.8, 4) is 5.75 Å². The third-order valence-corrected chi connectivity index (χ3v) is 4.81. The Labute approximate surface area is 168 Å². The first-order valence-electron chi connectivity index (χ1n) is 8.88. The molecule has 0 fully saturated rings. The van der Waals surface area contributed by atoms with Crippen LogP contribution < -0.4 is 15.4 Å². The summed E-state index contributed by atoms with van der Waals surface area (Å²) >= 11 is 6.28. The van der Waals surface area contributed by atoms with Crippen LogP contribution in [-0.2, 0) is 22.4 Å². The van der Waals surface area contributed by atoms with Crippen molar-refractivity contribution in [3.05, 3.63) is 71.3 Å². The summed E-state index contributed by atoms with van der Waals surface area (Å²) in [5.41, 5.74) is 8.92. The van der Waals surface area contributed by atoms with Crippen LogP contribution in [0.1, 0.15) is 11.1 Å². The van der Waals surface area contributed by atoms with Crippen molar-refractivity contribution in [1.82, 2.24) is 0 Å². The number of carbonyl (C=O) groups excluding carboxylic acids is 2. The van der Waals surface area contributed by atoms with Crippen molar-refractivity contribution >= 4 is 29.4 Å². The van der Waals surface area contributed by atoms with Gasteiger partial charge in [0.15, 0.2) is 0 Å². The number of rotatable bonds is 6. The number of halogens is 1. The zero-order valence-corrected chi connectivity index (χ0v) is 16.0. The molecule has 2 aromatic carbocycles. The monoisotopic (exact) mass is 400 g/mol. The van der Waals surface area contributed by atoms with E-state index in [9.17, 15) is 9.59 Å². The molecule has 2 aromatic rings. The van der Waals surface area contributed by atoms with Crippen LogP contribution in [0, 0.1) is 0 Å².